The largest absolute Gasteiger partial charge is 0.481 e. The van der Waals surface area contributed by atoms with E-state index in [9.17, 15) is 4.79 Å². The zero-order valence-corrected chi connectivity index (χ0v) is 7.36. The highest BCUT2D eigenvalue weighted by atomic mass is 16.4. The van der Waals surface area contributed by atoms with Crippen LogP contribution in [0, 0.1) is 0 Å². The van der Waals surface area contributed by atoms with Gasteiger partial charge in [-0.15, -0.1) is 0 Å². The third kappa shape index (κ3) is 2.91. The first-order chi connectivity index (χ1) is 6.02. The average molecular weight is 182 g/mol. The number of aliphatic carboxylic acids is 1. The molecule has 0 saturated heterocycles. The van der Waals surface area contributed by atoms with Crippen molar-refractivity contribution in [3.8, 4) is 0 Å². The molecule has 0 amide bonds. The Balaban J connectivity index is 2.53. The molecule has 0 bridgehead atoms. The van der Waals surface area contributed by atoms with Gasteiger partial charge in [0.15, 0.2) is 0 Å². The monoisotopic (exact) mass is 182 g/mol. The van der Waals surface area contributed by atoms with Crippen LogP contribution in [0.2, 0.25) is 0 Å². The van der Waals surface area contributed by atoms with E-state index in [1.165, 1.54) is 0 Å². The highest BCUT2D eigenvalue weighted by molar-refractivity contribution is 5.66. The molecule has 5 N–H and O–H groups in total. The average Bonchev–Trinajstić information content (AvgIpc) is 2.01. The normalized spacial score (nSPS) is 27.0. The van der Waals surface area contributed by atoms with Gasteiger partial charge in [0.25, 0.3) is 0 Å². The molecule has 1 aliphatic rings. The molecule has 0 spiro atoms. The maximum atomic E-state index is 10.3. The Morgan fingerprint density at radius 2 is 2.38 bits per heavy atom. The minimum atomic E-state index is -0.827. The van der Waals surface area contributed by atoms with Gasteiger partial charge in [0.2, 0.25) is 0 Å². The van der Waals surface area contributed by atoms with E-state index in [2.05, 4.69) is 0 Å². The van der Waals surface area contributed by atoms with Crippen LogP contribution in [0.15, 0.2) is 23.9 Å². The first-order valence-electron chi connectivity index (χ1n) is 4.16. The van der Waals surface area contributed by atoms with Crippen LogP contribution in [-0.2, 0) is 4.79 Å². The molecule has 0 radical (unpaired) electrons. The Hall–Kier alpha value is -1.29. The summed E-state index contributed by atoms with van der Waals surface area (Å²) in [6.45, 7) is 0. The number of carbonyl (C=O) groups is 1. The fourth-order valence-electron chi connectivity index (χ4n) is 1.37. The third-order valence-electron chi connectivity index (χ3n) is 2.08. The van der Waals surface area contributed by atoms with E-state index in [1.54, 1.807) is 12.2 Å². The summed E-state index contributed by atoms with van der Waals surface area (Å²) in [5, 5.41) is 8.50. The summed E-state index contributed by atoms with van der Waals surface area (Å²) in [5.74, 6) is -0.827. The summed E-state index contributed by atoms with van der Waals surface area (Å²) in [5.41, 5.74) is 11.7. The first kappa shape index (κ1) is 9.80. The highest BCUT2D eigenvalue weighted by Gasteiger charge is 2.24. The summed E-state index contributed by atoms with van der Waals surface area (Å²) in [6, 6.07) is 0. The standard InChI is InChI=1S/C9H14N2O2/c10-7-2-1-4-9(11,6-7)5-3-8(12)13/h1-2,4H,3,5-6,10-11H2,(H,12,13). The fraction of sp³-hybridized carbons (Fsp3) is 0.444. The SMILES string of the molecule is NC1=CC=CC(N)(CCC(=O)O)C1. The lowest BCUT2D eigenvalue weighted by molar-refractivity contribution is -0.137. The second-order valence-corrected chi connectivity index (χ2v) is 3.40. The van der Waals surface area contributed by atoms with E-state index in [0.29, 0.717) is 18.5 Å². The van der Waals surface area contributed by atoms with Gasteiger partial charge in [-0.05, 0) is 12.5 Å². The van der Waals surface area contributed by atoms with E-state index in [4.69, 9.17) is 16.6 Å². The summed E-state index contributed by atoms with van der Waals surface area (Å²) < 4.78 is 0. The van der Waals surface area contributed by atoms with Gasteiger partial charge in [0.05, 0.1) is 0 Å². The van der Waals surface area contributed by atoms with Crippen LogP contribution in [0.4, 0.5) is 0 Å². The molecule has 4 heteroatoms. The fourth-order valence-corrected chi connectivity index (χ4v) is 1.37. The van der Waals surface area contributed by atoms with E-state index in [0.717, 1.165) is 0 Å². The van der Waals surface area contributed by atoms with E-state index in [-0.39, 0.29) is 6.42 Å². The molecule has 0 aliphatic heterocycles. The minimum absolute atomic E-state index is 0.0775. The maximum absolute atomic E-state index is 10.3. The lowest BCUT2D eigenvalue weighted by Gasteiger charge is -2.27. The topological polar surface area (TPSA) is 89.3 Å². The van der Waals surface area contributed by atoms with Crippen LogP contribution in [0.3, 0.4) is 0 Å². The number of carboxylic acids is 1. The maximum Gasteiger partial charge on any atom is 0.303 e. The molecule has 1 atom stereocenters. The van der Waals surface area contributed by atoms with E-state index >= 15 is 0 Å². The lowest BCUT2D eigenvalue weighted by Crippen LogP contribution is -2.40. The Morgan fingerprint density at radius 3 is 2.92 bits per heavy atom. The minimum Gasteiger partial charge on any atom is -0.481 e. The molecule has 0 heterocycles. The summed E-state index contributed by atoms with van der Waals surface area (Å²) >= 11 is 0. The van der Waals surface area contributed by atoms with Gasteiger partial charge in [0, 0.05) is 24.1 Å². The smallest absolute Gasteiger partial charge is 0.303 e. The van der Waals surface area contributed by atoms with Crippen molar-refractivity contribution in [3.63, 3.8) is 0 Å². The molecule has 0 saturated carbocycles. The number of carboxylic acid groups (broad SMARTS) is 1. The molecule has 13 heavy (non-hydrogen) atoms. The molecule has 4 nitrogen and oxygen atoms in total. The number of allylic oxidation sites excluding steroid dienone is 2. The van der Waals surface area contributed by atoms with Crippen LogP contribution >= 0.6 is 0 Å². The van der Waals surface area contributed by atoms with Crippen LogP contribution in [0.25, 0.3) is 0 Å². The van der Waals surface area contributed by atoms with Crippen molar-refractivity contribution in [1.29, 1.82) is 0 Å². The molecular formula is C9H14N2O2. The van der Waals surface area contributed by atoms with Crippen LogP contribution in [0.1, 0.15) is 19.3 Å². The van der Waals surface area contributed by atoms with Crippen LogP contribution in [-0.4, -0.2) is 16.6 Å². The molecule has 1 unspecified atom stereocenters. The van der Waals surface area contributed by atoms with Crippen LogP contribution < -0.4 is 11.5 Å². The number of nitrogens with two attached hydrogens (primary N) is 2. The number of hydrogen-bond donors (Lipinski definition) is 3. The van der Waals surface area contributed by atoms with Crippen LogP contribution in [0.5, 0.6) is 0 Å². The van der Waals surface area contributed by atoms with Gasteiger partial charge in [0.1, 0.15) is 0 Å². The summed E-state index contributed by atoms with van der Waals surface area (Å²) in [6.07, 6.45) is 6.41. The zero-order chi connectivity index (χ0) is 9.90. The van der Waals surface area contributed by atoms with Crippen molar-refractivity contribution in [2.24, 2.45) is 11.5 Å². The number of hydrogen-bond acceptors (Lipinski definition) is 3. The summed E-state index contributed by atoms with van der Waals surface area (Å²) in [7, 11) is 0. The van der Waals surface area contributed by atoms with E-state index in [1.807, 2.05) is 6.08 Å². The van der Waals surface area contributed by atoms with Gasteiger partial charge >= 0.3 is 5.97 Å². The molecule has 0 aromatic carbocycles. The van der Waals surface area contributed by atoms with Gasteiger partial charge in [-0.2, -0.15) is 0 Å². The molecule has 0 aromatic heterocycles. The quantitative estimate of drug-likeness (QED) is 0.587. The second kappa shape index (κ2) is 3.62. The first-order valence-corrected chi connectivity index (χ1v) is 4.16. The van der Waals surface area contributed by atoms with Gasteiger partial charge in [-0.25, -0.2) is 0 Å². The highest BCUT2D eigenvalue weighted by Crippen LogP contribution is 2.22. The van der Waals surface area contributed by atoms with Crippen molar-refractivity contribution in [1.82, 2.24) is 0 Å². The molecule has 0 aromatic rings. The molecule has 1 rings (SSSR count). The Labute approximate surface area is 76.9 Å². The van der Waals surface area contributed by atoms with Crippen molar-refractivity contribution in [3.05, 3.63) is 23.9 Å². The van der Waals surface area contributed by atoms with E-state index < -0.39 is 11.5 Å². The van der Waals surface area contributed by atoms with Gasteiger partial charge in [-0.1, -0.05) is 12.2 Å². The van der Waals surface area contributed by atoms with Crippen molar-refractivity contribution >= 4 is 5.97 Å². The number of rotatable bonds is 3. The molecular weight excluding hydrogens is 168 g/mol. The summed E-state index contributed by atoms with van der Waals surface area (Å²) in [4.78, 5) is 10.3. The molecule has 0 fully saturated rings. The molecule has 1 aliphatic carbocycles. The van der Waals surface area contributed by atoms with Gasteiger partial charge < -0.3 is 16.6 Å². The second-order valence-electron chi connectivity index (χ2n) is 3.40. The Kier molecular flexibility index (Phi) is 2.72. The Bertz CT molecular complexity index is 271. The lowest BCUT2D eigenvalue weighted by atomic mass is 9.86. The third-order valence-corrected chi connectivity index (χ3v) is 2.08. The van der Waals surface area contributed by atoms with Gasteiger partial charge in [-0.3, -0.25) is 4.79 Å². The van der Waals surface area contributed by atoms with Crippen molar-refractivity contribution in [2.75, 3.05) is 0 Å². The van der Waals surface area contributed by atoms with Crippen molar-refractivity contribution < 1.29 is 9.90 Å². The molecule has 72 valence electrons. The predicted molar refractivity (Wildman–Crippen MR) is 49.8 cm³/mol. The predicted octanol–water partition coefficient (Wildman–Crippen LogP) is 0.351. The Morgan fingerprint density at radius 1 is 1.69 bits per heavy atom. The zero-order valence-electron chi connectivity index (χ0n) is 7.36. The van der Waals surface area contributed by atoms with Crippen molar-refractivity contribution in [2.45, 2.75) is 24.8 Å².